The Morgan fingerprint density at radius 2 is 1.94 bits per heavy atom. The highest BCUT2D eigenvalue weighted by atomic mass is 15.2. The smallest absolute Gasteiger partial charge is 0.0960 e. The molecule has 2 heteroatoms. The fourth-order valence-electron chi connectivity index (χ4n) is 3.41. The van der Waals surface area contributed by atoms with Crippen LogP contribution < -0.4 is 0 Å². The molecule has 1 N–H and O–H groups in total. The van der Waals surface area contributed by atoms with Gasteiger partial charge in [0.1, 0.15) is 0 Å². The molecular formula is C14H26N2. The summed E-state index contributed by atoms with van der Waals surface area (Å²) in [6, 6.07) is 0.709. The van der Waals surface area contributed by atoms with E-state index in [4.69, 9.17) is 5.41 Å². The summed E-state index contributed by atoms with van der Waals surface area (Å²) in [6.07, 6.45) is 11.8. The quantitative estimate of drug-likeness (QED) is 0.772. The van der Waals surface area contributed by atoms with Crippen LogP contribution in [0.3, 0.4) is 0 Å². The molecule has 2 fully saturated rings. The van der Waals surface area contributed by atoms with Crippen LogP contribution in [0.2, 0.25) is 0 Å². The molecule has 92 valence electrons. The second-order valence-corrected chi connectivity index (χ2v) is 5.56. The highest BCUT2D eigenvalue weighted by Crippen LogP contribution is 2.31. The third-order valence-electron chi connectivity index (χ3n) is 4.36. The molecule has 0 unspecified atom stereocenters. The van der Waals surface area contributed by atoms with Gasteiger partial charge in [0.25, 0.3) is 0 Å². The Kier molecular flexibility index (Phi) is 4.25. The summed E-state index contributed by atoms with van der Waals surface area (Å²) in [7, 11) is 0. The van der Waals surface area contributed by atoms with E-state index in [2.05, 4.69) is 11.8 Å². The maximum Gasteiger partial charge on any atom is 0.0960 e. The maximum atomic E-state index is 8.04. The second-order valence-electron chi connectivity index (χ2n) is 5.56. The number of nitrogens with zero attached hydrogens (tertiary/aromatic N) is 1. The Balaban J connectivity index is 1.81. The number of rotatable bonds is 3. The number of hydrogen-bond acceptors (Lipinski definition) is 1. The molecule has 0 amide bonds. The number of nitrogens with one attached hydrogen (secondary N) is 1. The molecule has 0 atom stereocenters. The average Bonchev–Trinajstić information content (AvgIpc) is 2.31. The normalized spacial score (nSPS) is 31.8. The molecule has 0 spiro atoms. The molecule has 0 aromatic rings. The van der Waals surface area contributed by atoms with Gasteiger partial charge in [-0.05, 0) is 44.4 Å². The van der Waals surface area contributed by atoms with E-state index in [0.717, 1.165) is 24.7 Å². The Morgan fingerprint density at radius 1 is 1.19 bits per heavy atom. The van der Waals surface area contributed by atoms with Gasteiger partial charge in [-0.15, -0.1) is 0 Å². The third-order valence-corrected chi connectivity index (χ3v) is 4.36. The van der Waals surface area contributed by atoms with Gasteiger partial charge in [-0.3, -0.25) is 5.41 Å². The van der Waals surface area contributed by atoms with Gasteiger partial charge in [0.15, 0.2) is 0 Å². The minimum Gasteiger partial charge on any atom is -0.358 e. The molecule has 1 aliphatic carbocycles. The van der Waals surface area contributed by atoms with Crippen molar-refractivity contribution in [2.75, 3.05) is 6.54 Å². The van der Waals surface area contributed by atoms with Gasteiger partial charge in [0.2, 0.25) is 0 Å². The van der Waals surface area contributed by atoms with E-state index in [0.29, 0.717) is 6.04 Å². The van der Waals surface area contributed by atoms with Gasteiger partial charge in [-0.25, -0.2) is 0 Å². The Bertz CT molecular complexity index is 229. The standard InChI is InChI=1S/C14H26N2/c1-2-5-12-7-9-13(10-8-12)16-11-4-3-6-14(16)15/h12-13,15H,2-11H2,1H3. The van der Waals surface area contributed by atoms with Crippen molar-refractivity contribution in [2.45, 2.75) is 70.8 Å². The number of likely N-dealkylation sites (tertiary alicyclic amines) is 1. The van der Waals surface area contributed by atoms with Gasteiger partial charge in [-0.2, -0.15) is 0 Å². The fourth-order valence-corrected chi connectivity index (χ4v) is 3.41. The van der Waals surface area contributed by atoms with Crippen molar-refractivity contribution in [3.05, 3.63) is 0 Å². The van der Waals surface area contributed by atoms with Crippen LogP contribution in [0.5, 0.6) is 0 Å². The summed E-state index contributed by atoms with van der Waals surface area (Å²) in [4.78, 5) is 2.41. The molecular weight excluding hydrogens is 196 g/mol. The number of amidine groups is 1. The Labute approximate surface area is 99.9 Å². The maximum absolute atomic E-state index is 8.04. The van der Waals surface area contributed by atoms with Crippen molar-refractivity contribution >= 4 is 5.84 Å². The van der Waals surface area contributed by atoms with Gasteiger partial charge < -0.3 is 4.90 Å². The summed E-state index contributed by atoms with van der Waals surface area (Å²) in [5.41, 5.74) is 0. The van der Waals surface area contributed by atoms with Gasteiger partial charge >= 0.3 is 0 Å². The zero-order chi connectivity index (χ0) is 11.4. The molecule has 0 aromatic heterocycles. The first-order valence-electron chi connectivity index (χ1n) is 7.15. The van der Waals surface area contributed by atoms with E-state index in [1.54, 1.807) is 0 Å². The van der Waals surface area contributed by atoms with Crippen LogP contribution in [0, 0.1) is 11.3 Å². The van der Waals surface area contributed by atoms with Crippen LogP contribution in [0.4, 0.5) is 0 Å². The monoisotopic (exact) mass is 222 g/mol. The van der Waals surface area contributed by atoms with Gasteiger partial charge in [-0.1, -0.05) is 19.8 Å². The zero-order valence-electron chi connectivity index (χ0n) is 10.7. The molecule has 2 aliphatic rings. The molecule has 2 rings (SSSR count). The first-order valence-corrected chi connectivity index (χ1v) is 7.15. The van der Waals surface area contributed by atoms with E-state index in [1.165, 1.54) is 51.4 Å². The highest BCUT2D eigenvalue weighted by Gasteiger charge is 2.27. The lowest BCUT2D eigenvalue weighted by molar-refractivity contribution is 0.187. The Morgan fingerprint density at radius 3 is 2.56 bits per heavy atom. The van der Waals surface area contributed by atoms with Gasteiger partial charge in [0, 0.05) is 19.0 Å². The molecule has 1 saturated heterocycles. The van der Waals surface area contributed by atoms with Crippen LogP contribution in [-0.2, 0) is 0 Å². The van der Waals surface area contributed by atoms with Crippen LogP contribution in [0.15, 0.2) is 0 Å². The van der Waals surface area contributed by atoms with Crippen LogP contribution in [-0.4, -0.2) is 23.3 Å². The topological polar surface area (TPSA) is 27.1 Å². The molecule has 0 aromatic carbocycles. The number of hydrogen-bond donors (Lipinski definition) is 1. The molecule has 1 heterocycles. The predicted octanol–water partition coefficient (Wildman–Crippen LogP) is 3.81. The first kappa shape index (κ1) is 11.9. The highest BCUT2D eigenvalue weighted by molar-refractivity contribution is 5.80. The van der Waals surface area contributed by atoms with Crippen molar-refractivity contribution in [3.8, 4) is 0 Å². The molecule has 16 heavy (non-hydrogen) atoms. The largest absolute Gasteiger partial charge is 0.358 e. The Hall–Kier alpha value is -0.530. The summed E-state index contributed by atoms with van der Waals surface area (Å²) < 4.78 is 0. The van der Waals surface area contributed by atoms with E-state index in [1.807, 2.05) is 0 Å². The van der Waals surface area contributed by atoms with Crippen LogP contribution >= 0.6 is 0 Å². The van der Waals surface area contributed by atoms with E-state index >= 15 is 0 Å². The van der Waals surface area contributed by atoms with Crippen molar-refractivity contribution in [2.24, 2.45) is 5.92 Å². The minimum absolute atomic E-state index is 0.709. The minimum atomic E-state index is 0.709. The van der Waals surface area contributed by atoms with E-state index < -0.39 is 0 Å². The number of piperidine rings is 1. The van der Waals surface area contributed by atoms with Crippen LogP contribution in [0.25, 0.3) is 0 Å². The zero-order valence-corrected chi connectivity index (χ0v) is 10.7. The summed E-state index contributed by atoms with van der Waals surface area (Å²) >= 11 is 0. The lowest BCUT2D eigenvalue weighted by Crippen LogP contribution is -2.44. The molecule has 1 saturated carbocycles. The summed E-state index contributed by atoms with van der Waals surface area (Å²) in [5.74, 6) is 1.91. The predicted molar refractivity (Wildman–Crippen MR) is 68.9 cm³/mol. The van der Waals surface area contributed by atoms with E-state index in [-0.39, 0.29) is 0 Å². The van der Waals surface area contributed by atoms with Crippen LogP contribution in [0.1, 0.15) is 64.7 Å². The van der Waals surface area contributed by atoms with Crippen molar-refractivity contribution < 1.29 is 0 Å². The average molecular weight is 222 g/mol. The van der Waals surface area contributed by atoms with Crippen molar-refractivity contribution in [3.63, 3.8) is 0 Å². The SMILES string of the molecule is CCCC1CCC(N2CCCCC2=N)CC1. The molecule has 0 radical (unpaired) electrons. The lowest BCUT2D eigenvalue weighted by Gasteiger charge is -2.40. The summed E-state index contributed by atoms with van der Waals surface area (Å²) in [6.45, 7) is 3.45. The third kappa shape index (κ3) is 2.78. The van der Waals surface area contributed by atoms with Crippen molar-refractivity contribution in [1.82, 2.24) is 4.90 Å². The first-order chi connectivity index (χ1) is 7.81. The second kappa shape index (κ2) is 5.70. The molecule has 0 bridgehead atoms. The van der Waals surface area contributed by atoms with E-state index in [9.17, 15) is 0 Å². The molecule has 2 nitrogen and oxygen atoms in total. The fraction of sp³-hybridized carbons (Fsp3) is 0.929. The lowest BCUT2D eigenvalue weighted by atomic mass is 9.82. The molecule has 1 aliphatic heterocycles. The van der Waals surface area contributed by atoms with Gasteiger partial charge in [0.05, 0.1) is 5.84 Å². The van der Waals surface area contributed by atoms with Crippen molar-refractivity contribution in [1.29, 1.82) is 5.41 Å². The summed E-state index contributed by atoms with van der Waals surface area (Å²) in [5, 5.41) is 8.04.